The first-order chi connectivity index (χ1) is 9.60. The molecule has 7 heteroatoms. The minimum atomic E-state index is -0.457. The van der Waals surface area contributed by atoms with E-state index in [1.165, 1.54) is 12.1 Å². The number of anilines is 2. The third kappa shape index (κ3) is 3.21. The summed E-state index contributed by atoms with van der Waals surface area (Å²) in [6.45, 7) is 2.52. The maximum absolute atomic E-state index is 10.8. The fourth-order valence-corrected chi connectivity index (χ4v) is 1.78. The van der Waals surface area contributed by atoms with Crippen molar-refractivity contribution in [2.75, 3.05) is 10.7 Å². The van der Waals surface area contributed by atoms with Crippen molar-refractivity contribution in [2.24, 2.45) is 5.84 Å². The number of hydrazine groups is 1. The number of nitrogens with zero attached hydrogens (tertiary/aromatic N) is 2. The number of nitrogen functional groups attached to an aromatic ring is 1. The molecule has 1 heterocycles. The second-order valence-corrected chi connectivity index (χ2v) is 4.33. The standard InChI is InChI=1S/C13H15N5O2/c1-9-2-3-15-7-10(9)8-16-11-4-12(17-14)6-13(5-11)18(19)20/h2-7,16-17H,8,14H2,1H3. The maximum Gasteiger partial charge on any atom is 0.273 e. The van der Waals surface area contributed by atoms with Gasteiger partial charge in [-0.15, -0.1) is 0 Å². The molecule has 2 aromatic rings. The average molecular weight is 273 g/mol. The van der Waals surface area contributed by atoms with E-state index in [4.69, 9.17) is 5.84 Å². The summed E-state index contributed by atoms with van der Waals surface area (Å²) in [6.07, 6.45) is 3.49. The van der Waals surface area contributed by atoms with Gasteiger partial charge in [0.15, 0.2) is 0 Å². The van der Waals surface area contributed by atoms with E-state index in [0.717, 1.165) is 11.1 Å². The SMILES string of the molecule is Cc1ccncc1CNc1cc(NN)cc([N+](=O)[O-])c1. The molecule has 1 aromatic heterocycles. The van der Waals surface area contributed by atoms with Crippen LogP contribution in [0.4, 0.5) is 17.1 Å². The highest BCUT2D eigenvalue weighted by Crippen LogP contribution is 2.24. The van der Waals surface area contributed by atoms with Gasteiger partial charge < -0.3 is 10.7 Å². The number of nitro groups is 1. The van der Waals surface area contributed by atoms with Crippen molar-refractivity contribution in [1.29, 1.82) is 0 Å². The number of aromatic nitrogens is 1. The molecule has 4 N–H and O–H groups in total. The van der Waals surface area contributed by atoms with Crippen LogP contribution in [-0.2, 0) is 6.54 Å². The maximum atomic E-state index is 10.8. The van der Waals surface area contributed by atoms with Crippen LogP contribution >= 0.6 is 0 Å². The molecule has 0 saturated heterocycles. The lowest BCUT2D eigenvalue weighted by Gasteiger charge is -2.10. The lowest BCUT2D eigenvalue weighted by molar-refractivity contribution is -0.384. The van der Waals surface area contributed by atoms with E-state index in [1.807, 2.05) is 13.0 Å². The van der Waals surface area contributed by atoms with Gasteiger partial charge in [0.05, 0.1) is 10.6 Å². The molecule has 0 saturated carbocycles. The molecule has 20 heavy (non-hydrogen) atoms. The molecular formula is C13H15N5O2. The molecule has 0 aliphatic carbocycles. The molecule has 1 aromatic carbocycles. The summed E-state index contributed by atoms with van der Waals surface area (Å²) < 4.78 is 0. The van der Waals surface area contributed by atoms with Crippen molar-refractivity contribution in [3.05, 3.63) is 57.9 Å². The summed E-state index contributed by atoms with van der Waals surface area (Å²) in [5.41, 5.74) is 5.63. The molecule has 0 spiro atoms. The van der Waals surface area contributed by atoms with Gasteiger partial charge >= 0.3 is 0 Å². The van der Waals surface area contributed by atoms with Gasteiger partial charge in [-0.1, -0.05) is 0 Å². The Hall–Kier alpha value is -2.67. The van der Waals surface area contributed by atoms with Gasteiger partial charge in [0.1, 0.15) is 0 Å². The second-order valence-electron chi connectivity index (χ2n) is 4.33. The third-order valence-electron chi connectivity index (χ3n) is 2.93. The number of nitrogens with one attached hydrogen (secondary N) is 2. The minimum Gasteiger partial charge on any atom is -0.381 e. The van der Waals surface area contributed by atoms with Crippen LogP contribution in [0.1, 0.15) is 11.1 Å². The van der Waals surface area contributed by atoms with Gasteiger partial charge in [-0.25, -0.2) is 0 Å². The van der Waals surface area contributed by atoms with Crippen LogP contribution in [0.25, 0.3) is 0 Å². The summed E-state index contributed by atoms with van der Waals surface area (Å²) in [4.78, 5) is 14.4. The highest BCUT2D eigenvalue weighted by atomic mass is 16.6. The number of hydrogen-bond donors (Lipinski definition) is 3. The Kier molecular flexibility index (Phi) is 4.11. The third-order valence-corrected chi connectivity index (χ3v) is 2.93. The highest BCUT2D eigenvalue weighted by Gasteiger charge is 2.09. The number of benzene rings is 1. The average Bonchev–Trinajstić information content (AvgIpc) is 2.46. The van der Waals surface area contributed by atoms with E-state index in [9.17, 15) is 10.1 Å². The number of nitrogens with two attached hydrogens (primary N) is 1. The van der Waals surface area contributed by atoms with Gasteiger partial charge in [0, 0.05) is 36.8 Å². The Morgan fingerprint density at radius 3 is 2.75 bits per heavy atom. The molecule has 104 valence electrons. The first-order valence-electron chi connectivity index (χ1n) is 5.99. The van der Waals surface area contributed by atoms with Gasteiger partial charge in [0.2, 0.25) is 0 Å². The molecule has 0 aliphatic rings. The second kappa shape index (κ2) is 5.98. The molecule has 0 unspecified atom stereocenters. The fraction of sp³-hybridized carbons (Fsp3) is 0.154. The number of nitro benzene ring substituents is 1. The predicted octanol–water partition coefficient (Wildman–Crippen LogP) is 2.20. The zero-order valence-corrected chi connectivity index (χ0v) is 11.0. The number of rotatable bonds is 5. The summed E-state index contributed by atoms with van der Waals surface area (Å²) in [5.74, 6) is 5.31. The first kappa shape index (κ1) is 13.8. The van der Waals surface area contributed by atoms with Gasteiger partial charge in [-0.05, 0) is 30.2 Å². The van der Waals surface area contributed by atoms with E-state index in [0.29, 0.717) is 17.9 Å². The Balaban J connectivity index is 2.19. The Bertz CT molecular complexity index is 630. The van der Waals surface area contributed by atoms with Crippen LogP contribution in [0.15, 0.2) is 36.7 Å². The molecule has 0 radical (unpaired) electrons. The van der Waals surface area contributed by atoms with E-state index in [2.05, 4.69) is 15.7 Å². The molecule has 2 rings (SSSR count). The van der Waals surface area contributed by atoms with Crippen LogP contribution in [0.3, 0.4) is 0 Å². The number of hydrogen-bond acceptors (Lipinski definition) is 6. The lowest BCUT2D eigenvalue weighted by Crippen LogP contribution is -2.08. The molecule has 7 nitrogen and oxygen atoms in total. The van der Waals surface area contributed by atoms with E-state index >= 15 is 0 Å². The van der Waals surface area contributed by atoms with Crippen LogP contribution in [0.5, 0.6) is 0 Å². The van der Waals surface area contributed by atoms with Crippen molar-refractivity contribution < 1.29 is 4.92 Å². The first-order valence-corrected chi connectivity index (χ1v) is 5.99. The summed E-state index contributed by atoms with van der Waals surface area (Å²) in [7, 11) is 0. The van der Waals surface area contributed by atoms with Crippen LogP contribution < -0.4 is 16.6 Å². The van der Waals surface area contributed by atoms with Crippen molar-refractivity contribution in [1.82, 2.24) is 4.98 Å². The van der Waals surface area contributed by atoms with Crippen molar-refractivity contribution in [3.63, 3.8) is 0 Å². The van der Waals surface area contributed by atoms with Crippen molar-refractivity contribution >= 4 is 17.1 Å². The van der Waals surface area contributed by atoms with Crippen LogP contribution in [-0.4, -0.2) is 9.91 Å². The predicted molar refractivity (Wildman–Crippen MR) is 77.2 cm³/mol. The zero-order chi connectivity index (χ0) is 14.5. The van der Waals surface area contributed by atoms with E-state index in [-0.39, 0.29) is 5.69 Å². The summed E-state index contributed by atoms with van der Waals surface area (Å²) in [5, 5.41) is 14.0. The van der Waals surface area contributed by atoms with E-state index in [1.54, 1.807) is 18.5 Å². The number of aryl methyl sites for hydroxylation is 1. The topological polar surface area (TPSA) is 106 Å². The monoisotopic (exact) mass is 273 g/mol. The van der Waals surface area contributed by atoms with Gasteiger partial charge in [-0.3, -0.25) is 20.9 Å². The molecular weight excluding hydrogens is 258 g/mol. The van der Waals surface area contributed by atoms with Gasteiger partial charge in [0.25, 0.3) is 5.69 Å². The normalized spacial score (nSPS) is 10.1. The van der Waals surface area contributed by atoms with Crippen LogP contribution in [0, 0.1) is 17.0 Å². The van der Waals surface area contributed by atoms with Crippen molar-refractivity contribution in [3.8, 4) is 0 Å². The van der Waals surface area contributed by atoms with Crippen molar-refractivity contribution in [2.45, 2.75) is 13.5 Å². The quantitative estimate of drug-likeness (QED) is 0.438. The minimum absolute atomic E-state index is 0.0224. The zero-order valence-electron chi connectivity index (χ0n) is 11.0. The lowest BCUT2D eigenvalue weighted by atomic mass is 10.1. The molecule has 0 aliphatic heterocycles. The number of pyridine rings is 1. The summed E-state index contributed by atoms with van der Waals surface area (Å²) in [6, 6.07) is 6.46. The Morgan fingerprint density at radius 2 is 2.10 bits per heavy atom. The van der Waals surface area contributed by atoms with E-state index < -0.39 is 4.92 Å². The number of non-ortho nitro benzene ring substituents is 1. The largest absolute Gasteiger partial charge is 0.381 e. The fourth-order valence-electron chi connectivity index (χ4n) is 1.78. The molecule has 0 amide bonds. The molecule has 0 fully saturated rings. The molecule has 0 bridgehead atoms. The summed E-state index contributed by atoms with van der Waals surface area (Å²) >= 11 is 0. The smallest absolute Gasteiger partial charge is 0.273 e. The van der Waals surface area contributed by atoms with Gasteiger partial charge in [-0.2, -0.15) is 0 Å². The Labute approximate surface area is 116 Å². The Morgan fingerprint density at radius 1 is 1.35 bits per heavy atom. The molecule has 0 atom stereocenters. The van der Waals surface area contributed by atoms with Crippen LogP contribution in [0.2, 0.25) is 0 Å². The highest BCUT2D eigenvalue weighted by molar-refractivity contribution is 5.63.